The molecule has 0 saturated carbocycles. The van der Waals surface area contributed by atoms with Crippen molar-refractivity contribution >= 4 is 22.9 Å². The molecule has 0 spiro atoms. The van der Waals surface area contributed by atoms with E-state index in [4.69, 9.17) is 4.74 Å². The SMILES string of the molecule is COc1ccc(CNI)cc1F. The van der Waals surface area contributed by atoms with E-state index in [9.17, 15) is 4.39 Å². The lowest BCUT2D eigenvalue weighted by Gasteiger charge is -2.03. The van der Waals surface area contributed by atoms with Crippen molar-refractivity contribution in [3.8, 4) is 5.75 Å². The zero-order valence-corrected chi connectivity index (χ0v) is 8.76. The minimum Gasteiger partial charge on any atom is -0.494 e. The molecule has 0 heterocycles. The second-order valence-corrected chi connectivity index (χ2v) is 3.04. The molecule has 0 saturated heterocycles. The van der Waals surface area contributed by atoms with Gasteiger partial charge in [-0.15, -0.1) is 0 Å². The van der Waals surface area contributed by atoms with Crippen molar-refractivity contribution in [1.29, 1.82) is 0 Å². The van der Waals surface area contributed by atoms with Crippen LogP contribution in [-0.2, 0) is 6.54 Å². The number of nitrogens with one attached hydrogen (secondary N) is 1. The van der Waals surface area contributed by atoms with Crippen LogP contribution in [0.4, 0.5) is 4.39 Å². The van der Waals surface area contributed by atoms with Gasteiger partial charge in [-0.2, -0.15) is 0 Å². The molecule has 0 radical (unpaired) electrons. The lowest BCUT2D eigenvalue weighted by atomic mass is 10.2. The first-order chi connectivity index (χ1) is 5.77. The van der Waals surface area contributed by atoms with Crippen molar-refractivity contribution in [2.45, 2.75) is 6.54 Å². The van der Waals surface area contributed by atoms with Crippen molar-refractivity contribution in [1.82, 2.24) is 3.53 Å². The molecule has 0 unspecified atom stereocenters. The fourth-order valence-electron chi connectivity index (χ4n) is 0.897. The maximum atomic E-state index is 13.0. The van der Waals surface area contributed by atoms with Crippen LogP contribution in [0.15, 0.2) is 18.2 Å². The molecule has 0 aliphatic rings. The van der Waals surface area contributed by atoms with E-state index >= 15 is 0 Å². The van der Waals surface area contributed by atoms with Crippen LogP contribution in [0.3, 0.4) is 0 Å². The second kappa shape index (κ2) is 4.61. The highest BCUT2D eigenvalue weighted by Crippen LogP contribution is 2.17. The number of ether oxygens (including phenoxy) is 1. The number of benzene rings is 1. The monoisotopic (exact) mass is 281 g/mol. The molecule has 0 aromatic heterocycles. The van der Waals surface area contributed by atoms with Gasteiger partial charge in [-0.1, -0.05) is 6.07 Å². The summed E-state index contributed by atoms with van der Waals surface area (Å²) >= 11 is 2.02. The number of hydrogen-bond donors (Lipinski definition) is 1. The van der Waals surface area contributed by atoms with Gasteiger partial charge < -0.3 is 4.74 Å². The van der Waals surface area contributed by atoms with Crippen LogP contribution in [0.5, 0.6) is 5.75 Å². The van der Waals surface area contributed by atoms with E-state index in [2.05, 4.69) is 3.53 Å². The number of halogens is 2. The summed E-state index contributed by atoms with van der Waals surface area (Å²) in [6.07, 6.45) is 0. The molecule has 0 bridgehead atoms. The first-order valence-corrected chi connectivity index (χ1v) is 4.51. The van der Waals surface area contributed by atoms with Gasteiger partial charge in [0, 0.05) is 29.4 Å². The molecule has 1 rings (SSSR count). The van der Waals surface area contributed by atoms with Crippen molar-refractivity contribution in [3.05, 3.63) is 29.6 Å². The third-order valence-electron chi connectivity index (χ3n) is 1.49. The molecule has 4 heteroatoms. The first kappa shape index (κ1) is 9.73. The topological polar surface area (TPSA) is 21.3 Å². The van der Waals surface area contributed by atoms with Gasteiger partial charge in [0.15, 0.2) is 11.6 Å². The molecule has 0 fully saturated rings. The van der Waals surface area contributed by atoms with E-state index in [-0.39, 0.29) is 11.6 Å². The molecule has 12 heavy (non-hydrogen) atoms. The van der Waals surface area contributed by atoms with Gasteiger partial charge in [-0.05, 0) is 17.7 Å². The zero-order valence-electron chi connectivity index (χ0n) is 6.60. The van der Waals surface area contributed by atoms with Crippen LogP contribution in [0.2, 0.25) is 0 Å². The van der Waals surface area contributed by atoms with Gasteiger partial charge in [-0.25, -0.2) is 4.39 Å². The highest BCUT2D eigenvalue weighted by molar-refractivity contribution is 14.1. The number of hydrogen-bond acceptors (Lipinski definition) is 2. The van der Waals surface area contributed by atoms with Crippen molar-refractivity contribution in [2.24, 2.45) is 0 Å². The molecular weight excluding hydrogens is 272 g/mol. The predicted octanol–water partition coefficient (Wildman–Crippen LogP) is 2.27. The predicted molar refractivity (Wildman–Crippen MR) is 53.8 cm³/mol. The van der Waals surface area contributed by atoms with Crippen LogP contribution in [0.25, 0.3) is 0 Å². The summed E-state index contributed by atoms with van der Waals surface area (Å²) in [7, 11) is 1.45. The van der Waals surface area contributed by atoms with Gasteiger partial charge in [0.2, 0.25) is 0 Å². The van der Waals surface area contributed by atoms with Crippen LogP contribution >= 0.6 is 22.9 Å². The van der Waals surface area contributed by atoms with Gasteiger partial charge >= 0.3 is 0 Å². The summed E-state index contributed by atoms with van der Waals surface area (Å²) in [5, 5.41) is 0. The Balaban J connectivity index is 2.86. The molecule has 0 aliphatic carbocycles. The molecule has 1 N–H and O–H groups in total. The Morgan fingerprint density at radius 2 is 2.33 bits per heavy atom. The smallest absolute Gasteiger partial charge is 0.165 e. The lowest BCUT2D eigenvalue weighted by Crippen LogP contribution is -1.98. The molecular formula is C8H9FINO. The minimum atomic E-state index is -0.318. The van der Waals surface area contributed by atoms with Gasteiger partial charge in [0.1, 0.15) is 0 Å². The van der Waals surface area contributed by atoms with Crippen molar-refractivity contribution in [3.63, 3.8) is 0 Å². The van der Waals surface area contributed by atoms with E-state index in [0.717, 1.165) is 5.56 Å². The summed E-state index contributed by atoms with van der Waals surface area (Å²) in [5.74, 6) is -0.0335. The van der Waals surface area contributed by atoms with Gasteiger partial charge in [0.25, 0.3) is 0 Å². The number of rotatable bonds is 3. The molecule has 0 aliphatic heterocycles. The summed E-state index contributed by atoms with van der Waals surface area (Å²) in [6, 6.07) is 4.91. The summed E-state index contributed by atoms with van der Waals surface area (Å²) in [4.78, 5) is 0. The highest BCUT2D eigenvalue weighted by Gasteiger charge is 2.01. The summed E-state index contributed by atoms with van der Waals surface area (Å²) < 4.78 is 20.7. The van der Waals surface area contributed by atoms with Crippen LogP contribution in [-0.4, -0.2) is 7.11 Å². The summed E-state index contributed by atoms with van der Waals surface area (Å²) in [5.41, 5.74) is 0.905. The standard InChI is InChI=1S/C8H9FINO/c1-12-8-3-2-6(5-11-10)4-7(8)9/h2-4,11H,5H2,1H3. The van der Waals surface area contributed by atoms with E-state index in [1.165, 1.54) is 13.2 Å². The Kier molecular flexibility index (Phi) is 3.74. The van der Waals surface area contributed by atoms with Crippen molar-refractivity contribution < 1.29 is 9.13 Å². The normalized spacial score (nSPS) is 9.92. The van der Waals surface area contributed by atoms with Crippen LogP contribution < -0.4 is 8.27 Å². The van der Waals surface area contributed by atoms with E-state index in [0.29, 0.717) is 6.54 Å². The zero-order chi connectivity index (χ0) is 8.97. The van der Waals surface area contributed by atoms with Crippen molar-refractivity contribution in [2.75, 3.05) is 7.11 Å². The van der Waals surface area contributed by atoms with Gasteiger partial charge in [0.05, 0.1) is 7.11 Å². The second-order valence-electron chi connectivity index (χ2n) is 2.28. The fourth-order valence-corrected chi connectivity index (χ4v) is 1.34. The van der Waals surface area contributed by atoms with Gasteiger partial charge in [-0.3, -0.25) is 3.53 Å². The largest absolute Gasteiger partial charge is 0.494 e. The Morgan fingerprint density at radius 1 is 1.58 bits per heavy atom. The van der Waals surface area contributed by atoms with E-state index in [1.807, 2.05) is 28.9 Å². The molecule has 1 aromatic carbocycles. The maximum Gasteiger partial charge on any atom is 0.165 e. The Morgan fingerprint density at radius 3 is 2.83 bits per heavy atom. The Labute approximate surface area is 84.6 Å². The lowest BCUT2D eigenvalue weighted by molar-refractivity contribution is 0.386. The molecule has 2 nitrogen and oxygen atoms in total. The Hall–Kier alpha value is -0.360. The molecule has 0 atom stereocenters. The molecule has 66 valence electrons. The fraction of sp³-hybridized carbons (Fsp3) is 0.250. The van der Waals surface area contributed by atoms with E-state index in [1.54, 1.807) is 6.07 Å². The Bertz CT molecular complexity index is 267. The third kappa shape index (κ3) is 2.31. The average Bonchev–Trinajstić information content (AvgIpc) is 2.05. The quantitative estimate of drug-likeness (QED) is 0.678. The maximum absolute atomic E-state index is 13.0. The summed E-state index contributed by atoms with van der Waals surface area (Å²) in [6.45, 7) is 0.654. The first-order valence-electron chi connectivity index (χ1n) is 3.44. The molecule has 0 amide bonds. The number of methoxy groups -OCH3 is 1. The highest BCUT2D eigenvalue weighted by atomic mass is 127. The van der Waals surface area contributed by atoms with Crippen LogP contribution in [0.1, 0.15) is 5.56 Å². The molecule has 1 aromatic rings. The third-order valence-corrected chi connectivity index (χ3v) is 1.87. The average molecular weight is 281 g/mol. The van der Waals surface area contributed by atoms with Crippen LogP contribution in [0, 0.1) is 5.82 Å². The van der Waals surface area contributed by atoms with E-state index < -0.39 is 0 Å². The minimum absolute atomic E-state index is 0.284.